The van der Waals surface area contributed by atoms with Gasteiger partial charge in [-0.05, 0) is 57.0 Å². The fourth-order valence-corrected chi connectivity index (χ4v) is 9.86. The topological polar surface area (TPSA) is 146 Å². The molecule has 0 fully saturated rings. The average molecular weight is 846 g/mol. The standard InChI is InChI=1S/C36H34Cl4N2O9S2/c1-7-41-23-11-25-21(9-19(23)17(13-35(41,3)4)15-52-51-50-45)27(28-29(34(43)44)31(38)33(40)32(39)30(28)37)22-10-20-18(16-53(46,47)48)14-36(5,6)42(8-2)24(20)12-26(22)49-25/h9-14H,7-8,15-16H2,1-6H3,(H2-,43,44,45,46,47,48)/p+1. The molecule has 0 aromatic heterocycles. The predicted molar refractivity (Wildman–Crippen MR) is 210 cm³/mol. The third-order valence-corrected chi connectivity index (χ3v) is 12.7. The van der Waals surface area contributed by atoms with E-state index in [4.69, 9.17) is 60.7 Å². The summed E-state index contributed by atoms with van der Waals surface area (Å²) in [4.78, 5) is 15.2. The first-order chi connectivity index (χ1) is 24.8. The quantitative estimate of drug-likeness (QED) is 0.0209. The molecule has 6 rings (SSSR count). The number of fused-ring (bicyclic) bond motifs is 4. The average Bonchev–Trinajstić information content (AvgIpc) is 3.05. The molecule has 0 atom stereocenters. The Labute approximate surface area is 330 Å². The molecular formula is C36H35Cl4N2O9S2+. The van der Waals surface area contributed by atoms with Gasteiger partial charge in [-0.2, -0.15) is 8.42 Å². The number of carboxylic acid groups (broad SMARTS) is 1. The third-order valence-electron chi connectivity index (χ3n) is 9.67. The van der Waals surface area contributed by atoms with Crippen molar-refractivity contribution in [3.63, 3.8) is 0 Å². The number of nitrogens with zero attached hydrogens (tertiary/aromatic N) is 2. The van der Waals surface area contributed by atoms with E-state index < -0.39 is 38.5 Å². The van der Waals surface area contributed by atoms with Crippen molar-refractivity contribution in [1.82, 2.24) is 4.58 Å². The Kier molecular flexibility index (Phi) is 10.8. The maximum absolute atomic E-state index is 13.0. The van der Waals surface area contributed by atoms with E-state index in [1.165, 1.54) is 0 Å². The first-order valence-electron chi connectivity index (χ1n) is 16.3. The molecule has 0 saturated heterocycles. The van der Waals surface area contributed by atoms with Crippen LogP contribution in [0.25, 0.3) is 16.7 Å². The molecule has 0 spiro atoms. The van der Waals surface area contributed by atoms with Gasteiger partial charge < -0.3 is 14.7 Å². The van der Waals surface area contributed by atoms with Gasteiger partial charge in [-0.3, -0.25) is 4.55 Å². The van der Waals surface area contributed by atoms with Crippen molar-refractivity contribution in [2.45, 2.75) is 52.6 Å². The van der Waals surface area contributed by atoms with Gasteiger partial charge >= 0.3 is 5.97 Å². The Balaban J connectivity index is 1.83. The van der Waals surface area contributed by atoms with E-state index in [0.717, 1.165) is 28.9 Å². The molecular weight excluding hydrogens is 810 g/mol. The van der Waals surface area contributed by atoms with Crippen molar-refractivity contribution in [2.24, 2.45) is 0 Å². The van der Waals surface area contributed by atoms with Crippen LogP contribution in [0, 0.1) is 0 Å². The Morgan fingerprint density at radius 1 is 0.925 bits per heavy atom. The number of ether oxygens (including phenoxy) is 1. The summed E-state index contributed by atoms with van der Waals surface area (Å²) in [6.45, 7) is 13.1. The van der Waals surface area contributed by atoms with Gasteiger partial charge in [0.25, 0.3) is 10.1 Å². The smallest absolute Gasteiger partial charge is 0.337 e. The molecule has 53 heavy (non-hydrogen) atoms. The molecule has 3 aliphatic rings. The van der Waals surface area contributed by atoms with E-state index in [0.29, 0.717) is 51.9 Å². The summed E-state index contributed by atoms with van der Waals surface area (Å²) in [6.07, 6.45) is 3.85. The normalized spacial score (nSPS) is 16.9. The van der Waals surface area contributed by atoms with Crippen LogP contribution in [0.5, 0.6) is 11.5 Å². The number of carbonyl (C=O) groups is 1. The number of carboxylic acids is 1. The van der Waals surface area contributed by atoms with Crippen LogP contribution in [0.4, 0.5) is 5.69 Å². The maximum Gasteiger partial charge on any atom is 0.337 e. The predicted octanol–water partition coefficient (Wildman–Crippen LogP) is 8.00. The Morgan fingerprint density at radius 3 is 2.21 bits per heavy atom. The van der Waals surface area contributed by atoms with E-state index in [9.17, 15) is 22.9 Å². The molecule has 3 aliphatic heterocycles. The summed E-state index contributed by atoms with van der Waals surface area (Å²) in [6, 6.07) is 7.20. The highest BCUT2D eigenvalue weighted by Gasteiger charge is 2.39. The summed E-state index contributed by atoms with van der Waals surface area (Å²) >= 11 is 27.5. The lowest BCUT2D eigenvalue weighted by molar-refractivity contribution is -0.432. The number of rotatable bonds is 10. The zero-order chi connectivity index (χ0) is 38.9. The molecule has 3 aromatic carbocycles. The molecule has 3 heterocycles. The van der Waals surface area contributed by atoms with Crippen molar-refractivity contribution in [2.75, 3.05) is 29.5 Å². The second-order valence-electron chi connectivity index (χ2n) is 13.8. The number of halogens is 4. The second-order valence-corrected chi connectivity index (χ2v) is 17.4. The van der Waals surface area contributed by atoms with Crippen LogP contribution in [0.1, 0.15) is 74.2 Å². The van der Waals surface area contributed by atoms with Gasteiger partial charge in [-0.15, -0.1) is 4.33 Å². The molecule has 0 aliphatic carbocycles. The van der Waals surface area contributed by atoms with Gasteiger partial charge in [0.15, 0.2) is 5.54 Å². The van der Waals surface area contributed by atoms with Gasteiger partial charge in [-0.1, -0.05) is 57.5 Å². The van der Waals surface area contributed by atoms with E-state index >= 15 is 0 Å². The van der Waals surface area contributed by atoms with Crippen molar-refractivity contribution in [1.29, 1.82) is 0 Å². The molecule has 3 N–H and O–H groups in total. The number of likely N-dealkylation sites (N-methyl/N-ethyl adjacent to an activating group) is 2. The largest absolute Gasteiger partial charge is 0.478 e. The summed E-state index contributed by atoms with van der Waals surface area (Å²) < 4.78 is 48.3. The van der Waals surface area contributed by atoms with Gasteiger partial charge in [-0.25, -0.2) is 14.6 Å². The van der Waals surface area contributed by atoms with Crippen LogP contribution in [0.15, 0.2) is 36.4 Å². The van der Waals surface area contributed by atoms with Crippen LogP contribution in [0.2, 0.25) is 20.1 Å². The minimum Gasteiger partial charge on any atom is -0.478 e. The number of hydrogen-bond acceptors (Lipinski definition) is 9. The van der Waals surface area contributed by atoms with Gasteiger partial charge in [0.2, 0.25) is 5.36 Å². The van der Waals surface area contributed by atoms with Crippen molar-refractivity contribution in [3.8, 4) is 11.5 Å². The molecule has 0 bridgehead atoms. The third kappa shape index (κ3) is 6.99. The lowest BCUT2D eigenvalue weighted by atomic mass is 9.83. The monoisotopic (exact) mass is 843 g/mol. The van der Waals surface area contributed by atoms with Gasteiger partial charge in [0.1, 0.15) is 23.8 Å². The first kappa shape index (κ1) is 39.9. The summed E-state index contributed by atoms with van der Waals surface area (Å²) in [5.74, 6) is -1.16. The van der Waals surface area contributed by atoms with E-state index in [1.807, 2.05) is 39.8 Å². The lowest BCUT2D eigenvalue weighted by Gasteiger charge is -2.43. The summed E-state index contributed by atoms with van der Waals surface area (Å²) in [5.41, 5.74) is 2.30. The lowest BCUT2D eigenvalue weighted by Crippen LogP contribution is -2.50. The molecule has 282 valence electrons. The maximum atomic E-state index is 13.0. The highest BCUT2D eigenvalue weighted by molar-refractivity contribution is 7.95. The Hall–Kier alpha value is -2.82. The van der Waals surface area contributed by atoms with Crippen LogP contribution in [0.3, 0.4) is 0 Å². The molecule has 11 nitrogen and oxygen atoms in total. The van der Waals surface area contributed by atoms with Crippen molar-refractivity contribution in [3.05, 3.63) is 94.9 Å². The highest BCUT2D eigenvalue weighted by atomic mass is 35.5. The van der Waals surface area contributed by atoms with Gasteiger partial charge in [0, 0.05) is 77.4 Å². The highest BCUT2D eigenvalue weighted by Crippen LogP contribution is 2.51. The van der Waals surface area contributed by atoms with E-state index in [1.54, 1.807) is 18.2 Å². The minimum absolute atomic E-state index is 0.0338. The first-order valence-corrected chi connectivity index (χ1v) is 20.3. The second kappa shape index (κ2) is 14.4. The van der Waals surface area contributed by atoms with Crippen LogP contribution < -0.4 is 24.8 Å². The summed E-state index contributed by atoms with van der Waals surface area (Å²) in [5, 5.41) is 23.4. The van der Waals surface area contributed by atoms with Crippen LogP contribution in [-0.4, -0.2) is 65.0 Å². The molecule has 0 saturated carbocycles. The number of anilines is 1. The van der Waals surface area contributed by atoms with E-state index in [2.05, 4.69) is 34.4 Å². The zero-order valence-corrected chi connectivity index (χ0v) is 34.0. The summed E-state index contributed by atoms with van der Waals surface area (Å²) in [7, 11) is -4.48. The zero-order valence-electron chi connectivity index (χ0n) is 29.3. The van der Waals surface area contributed by atoms with Crippen molar-refractivity contribution < 1.29 is 42.2 Å². The minimum atomic E-state index is -4.48. The van der Waals surface area contributed by atoms with Crippen LogP contribution >= 0.6 is 58.4 Å². The SMILES string of the molecule is CCN1c2cc3c(cc2C(CSOOO)=CC1(C)C)C(c1c(Cl)c(Cl)c(Cl)c(Cl)c1C(=O)O)=c1cc2c(cc1O3)=[N+](CC)C(C)(C)C=C2CS(=O)(=O)O. The Bertz CT molecular complexity index is 2410. The fraction of sp³-hybridized carbons (Fsp3) is 0.333. The fourth-order valence-electron chi connectivity index (χ4n) is 7.74. The molecule has 0 radical (unpaired) electrons. The van der Waals surface area contributed by atoms with Gasteiger partial charge in [0.05, 0.1) is 42.8 Å². The van der Waals surface area contributed by atoms with Crippen molar-refractivity contribution >= 4 is 96.9 Å². The molecule has 17 heteroatoms. The molecule has 0 unspecified atom stereocenters. The van der Waals surface area contributed by atoms with Crippen LogP contribution in [-0.2, 0) is 19.5 Å². The number of aromatic carboxylic acids is 1. The molecule has 3 aromatic rings. The molecule has 0 amide bonds. The van der Waals surface area contributed by atoms with E-state index in [-0.39, 0.29) is 37.0 Å². The number of hydrogen-bond donors (Lipinski definition) is 3. The Morgan fingerprint density at radius 2 is 1.60 bits per heavy atom. The number of benzene rings is 3.